The molecule has 3 heteroatoms. The fourth-order valence-electron chi connectivity index (χ4n) is 5.17. The lowest BCUT2D eigenvalue weighted by Crippen LogP contribution is -2.66. The SMILES string of the molecule is CCCCCC=CCCCCC=CC/C=C(/F)CCCCO[Si](c1ccccc1)(c1ccccc1)C(C)(C)C. The van der Waals surface area contributed by atoms with Crippen LogP contribution in [-0.2, 0) is 4.43 Å². The van der Waals surface area contributed by atoms with Gasteiger partial charge in [0, 0.05) is 6.61 Å². The van der Waals surface area contributed by atoms with Crippen molar-refractivity contribution in [1.82, 2.24) is 0 Å². The number of hydrogen-bond donors (Lipinski definition) is 0. The molecule has 0 saturated heterocycles. The van der Waals surface area contributed by atoms with Gasteiger partial charge < -0.3 is 4.43 Å². The first-order valence-electron chi connectivity index (χ1n) is 15.3. The highest BCUT2D eigenvalue weighted by Gasteiger charge is 2.49. The quantitative estimate of drug-likeness (QED) is 0.0964. The Morgan fingerprint density at radius 3 is 1.74 bits per heavy atom. The Bertz CT molecular complexity index is 933. The van der Waals surface area contributed by atoms with Crippen molar-refractivity contribution >= 4 is 18.7 Å². The lowest BCUT2D eigenvalue weighted by Gasteiger charge is -2.43. The topological polar surface area (TPSA) is 9.23 Å². The van der Waals surface area contributed by atoms with Crippen LogP contribution in [0.3, 0.4) is 0 Å². The van der Waals surface area contributed by atoms with Crippen LogP contribution in [0.5, 0.6) is 0 Å². The smallest absolute Gasteiger partial charge is 0.261 e. The zero-order valence-electron chi connectivity index (χ0n) is 25.1. The van der Waals surface area contributed by atoms with Gasteiger partial charge in [0.25, 0.3) is 8.32 Å². The number of hydrogen-bond acceptors (Lipinski definition) is 1. The molecular formula is C36H53FOSi. The van der Waals surface area contributed by atoms with Crippen molar-refractivity contribution in [2.45, 2.75) is 110 Å². The van der Waals surface area contributed by atoms with Crippen LogP contribution in [0.4, 0.5) is 4.39 Å². The Balaban J connectivity index is 1.74. The maximum absolute atomic E-state index is 14.4. The Morgan fingerprint density at radius 2 is 1.23 bits per heavy atom. The third-order valence-corrected chi connectivity index (χ3v) is 12.4. The fourth-order valence-corrected chi connectivity index (χ4v) is 9.77. The largest absolute Gasteiger partial charge is 0.407 e. The highest BCUT2D eigenvalue weighted by atomic mass is 28.4. The molecule has 0 saturated carbocycles. The van der Waals surface area contributed by atoms with Crippen LogP contribution in [0.25, 0.3) is 0 Å². The molecule has 0 radical (unpaired) electrons. The summed E-state index contributed by atoms with van der Waals surface area (Å²) in [5, 5.41) is 2.55. The molecule has 0 heterocycles. The molecule has 2 rings (SSSR count). The van der Waals surface area contributed by atoms with Crippen molar-refractivity contribution < 1.29 is 8.82 Å². The Morgan fingerprint density at radius 1 is 0.718 bits per heavy atom. The van der Waals surface area contributed by atoms with Crippen LogP contribution >= 0.6 is 0 Å². The summed E-state index contributed by atoms with van der Waals surface area (Å²) in [7, 11) is -2.50. The van der Waals surface area contributed by atoms with Gasteiger partial charge in [-0.15, -0.1) is 0 Å². The molecule has 0 aliphatic carbocycles. The molecular weight excluding hydrogens is 495 g/mol. The molecule has 214 valence electrons. The van der Waals surface area contributed by atoms with E-state index < -0.39 is 8.32 Å². The van der Waals surface area contributed by atoms with Crippen LogP contribution < -0.4 is 10.4 Å². The van der Waals surface area contributed by atoms with E-state index in [1.54, 1.807) is 6.08 Å². The Labute approximate surface area is 240 Å². The highest BCUT2D eigenvalue weighted by Crippen LogP contribution is 2.36. The van der Waals surface area contributed by atoms with Gasteiger partial charge in [-0.2, -0.15) is 0 Å². The van der Waals surface area contributed by atoms with Gasteiger partial charge in [-0.25, -0.2) is 4.39 Å². The summed E-state index contributed by atoms with van der Waals surface area (Å²) >= 11 is 0. The predicted octanol–water partition coefficient (Wildman–Crippen LogP) is 10.2. The van der Waals surface area contributed by atoms with Crippen LogP contribution in [0.2, 0.25) is 5.04 Å². The fraction of sp³-hybridized carbons (Fsp3) is 0.500. The molecule has 0 aliphatic rings. The van der Waals surface area contributed by atoms with E-state index in [1.807, 2.05) is 0 Å². The maximum Gasteiger partial charge on any atom is 0.261 e. The third kappa shape index (κ3) is 11.8. The number of allylic oxidation sites excluding steroid dienone is 6. The van der Waals surface area contributed by atoms with Gasteiger partial charge in [0.2, 0.25) is 0 Å². The van der Waals surface area contributed by atoms with Gasteiger partial charge in [0.15, 0.2) is 0 Å². The van der Waals surface area contributed by atoms with Crippen LogP contribution in [0.1, 0.15) is 105 Å². The van der Waals surface area contributed by atoms with Crippen molar-refractivity contribution in [3.63, 3.8) is 0 Å². The molecule has 0 fully saturated rings. The minimum atomic E-state index is -2.50. The molecule has 0 N–H and O–H groups in total. The van der Waals surface area contributed by atoms with Crippen molar-refractivity contribution in [2.24, 2.45) is 0 Å². The first kappa shape index (κ1) is 33.0. The molecule has 0 aliphatic heterocycles. The molecule has 0 amide bonds. The monoisotopic (exact) mass is 548 g/mol. The highest BCUT2D eigenvalue weighted by molar-refractivity contribution is 6.99. The van der Waals surface area contributed by atoms with Gasteiger partial charge in [-0.3, -0.25) is 0 Å². The van der Waals surface area contributed by atoms with Crippen LogP contribution in [0, 0.1) is 0 Å². The standard InChI is InChI=1S/C36H53FOSi/c1-5-6-7-8-9-10-11-12-13-14-15-16-19-26-33(37)27-24-25-32-38-39(36(2,3)4,34-28-20-17-21-29-34)35-30-22-18-23-31-35/h9-10,15-18,20-23,26,28-31H,5-8,11-14,19,24-25,27,32H2,1-4H3/b10-9?,16-15?,33-26+. The molecule has 0 bridgehead atoms. The van der Waals surface area contributed by atoms with Crippen molar-refractivity contribution in [1.29, 1.82) is 0 Å². The van der Waals surface area contributed by atoms with Gasteiger partial charge in [-0.1, -0.05) is 126 Å². The maximum atomic E-state index is 14.4. The van der Waals surface area contributed by atoms with Crippen molar-refractivity contribution in [3.05, 3.63) is 96.9 Å². The van der Waals surface area contributed by atoms with Gasteiger partial charge >= 0.3 is 0 Å². The summed E-state index contributed by atoms with van der Waals surface area (Å²) in [5.41, 5.74) is 0. The van der Waals surface area contributed by atoms with E-state index in [0.717, 1.165) is 19.3 Å². The first-order chi connectivity index (χ1) is 18.9. The van der Waals surface area contributed by atoms with E-state index in [-0.39, 0.29) is 10.9 Å². The zero-order chi connectivity index (χ0) is 28.2. The second kappa shape index (κ2) is 18.9. The molecule has 2 aromatic carbocycles. The van der Waals surface area contributed by atoms with Crippen molar-refractivity contribution in [2.75, 3.05) is 6.61 Å². The molecule has 0 unspecified atom stereocenters. The number of halogens is 1. The predicted molar refractivity (Wildman–Crippen MR) is 172 cm³/mol. The minimum Gasteiger partial charge on any atom is -0.407 e. The van der Waals surface area contributed by atoms with E-state index in [1.165, 1.54) is 55.3 Å². The van der Waals surface area contributed by atoms with Gasteiger partial charge in [0.05, 0.1) is 5.83 Å². The van der Waals surface area contributed by atoms with Crippen LogP contribution in [-0.4, -0.2) is 14.9 Å². The minimum absolute atomic E-state index is 0.00157. The number of rotatable bonds is 19. The normalized spacial score (nSPS) is 13.1. The van der Waals surface area contributed by atoms with E-state index in [0.29, 0.717) is 19.4 Å². The molecule has 0 spiro atoms. The number of unbranched alkanes of at least 4 members (excludes halogenated alkanes) is 7. The summed E-state index contributed by atoms with van der Waals surface area (Å²) in [6.07, 6.45) is 23.4. The molecule has 1 nitrogen and oxygen atoms in total. The third-order valence-electron chi connectivity index (χ3n) is 7.32. The Kier molecular flexibility index (Phi) is 16.0. The van der Waals surface area contributed by atoms with Crippen LogP contribution in [0.15, 0.2) is 96.9 Å². The van der Waals surface area contributed by atoms with Gasteiger partial charge in [-0.05, 0) is 85.7 Å². The van der Waals surface area contributed by atoms with Gasteiger partial charge in [0.1, 0.15) is 0 Å². The molecule has 2 aromatic rings. The van der Waals surface area contributed by atoms with E-state index >= 15 is 0 Å². The summed E-state index contributed by atoms with van der Waals surface area (Å²) < 4.78 is 21.3. The zero-order valence-corrected chi connectivity index (χ0v) is 26.1. The summed E-state index contributed by atoms with van der Waals surface area (Å²) in [4.78, 5) is 0. The number of benzene rings is 2. The molecule has 39 heavy (non-hydrogen) atoms. The summed E-state index contributed by atoms with van der Waals surface area (Å²) in [5.74, 6) is -0.00157. The average molecular weight is 549 g/mol. The van der Waals surface area contributed by atoms with E-state index in [2.05, 4.69) is 113 Å². The van der Waals surface area contributed by atoms with Crippen molar-refractivity contribution in [3.8, 4) is 0 Å². The first-order valence-corrected chi connectivity index (χ1v) is 17.2. The molecule has 0 atom stereocenters. The summed E-state index contributed by atoms with van der Waals surface area (Å²) in [6, 6.07) is 21.4. The Hall–Kier alpha value is -2.23. The lowest BCUT2D eigenvalue weighted by atomic mass is 10.1. The summed E-state index contributed by atoms with van der Waals surface area (Å²) in [6.45, 7) is 9.77. The second-order valence-corrected chi connectivity index (χ2v) is 15.9. The molecule has 0 aromatic heterocycles. The average Bonchev–Trinajstić information content (AvgIpc) is 2.93. The lowest BCUT2D eigenvalue weighted by molar-refractivity contribution is 0.287. The van der Waals surface area contributed by atoms with E-state index in [9.17, 15) is 4.39 Å². The second-order valence-electron chi connectivity index (χ2n) is 11.6. The van der Waals surface area contributed by atoms with E-state index in [4.69, 9.17) is 4.43 Å².